The van der Waals surface area contributed by atoms with Gasteiger partial charge in [0.25, 0.3) is 6.01 Å². The molecule has 1 heterocycles. The van der Waals surface area contributed by atoms with Crippen molar-refractivity contribution in [2.45, 2.75) is 32.7 Å². The third kappa shape index (κ3) is 5.20. The van der Waals surface area contributed by atoms with Gasteiger partial charge in [-0.15, -0.1) is 0 Å². The highest BCUT2D eigenvalue weighted by Crippen LogP contribution is 2.28. The predicted molar refractivity (Wildman–Crippen MR) is 75.3 cm³/mol. The fraction of sp³-hybridized carbons (Fsp3) is 0.786. The van der Waals surface area contributed by atoms with Crippen LogP contribution in [-0.2, 0) is 11.3 Å². The van der Waals surface area contributed by atoms with Crippen LogP contribution in [0.1, 0.15) is 31.9 Å². The summed E-state index contributed by atoms with van der Waals surface area (Å²) in [5.41, 5.74) is 0.953. The van der Waals surface area contributed by atoms with Crippen molar-refractivity contribution >= 4 is 6.01 Å². The number of rotatable bonds is 10. The van der Waals surface area contributed by atoms with Gasteiger partial charge in [0.1, 0.15) is 6.26 Å². The summed E-state index contributed by atoms with van der Waals surface area (Å²) in [6, 6.07) is 0.670. The minimum absolute atomic E-state index is 0.670. The molecule has 0 radical (unpaired) electrons. The van der Waals surface area contributed by atoms with Crippen LogP contribution in [0.2, 0.25) is 0 Å². The number of nitrogens with zero attached hydrogens (tertiary/aromatic N) is 2. The fourth-order valence-corrected chi connectivity index (χ4v) is 1.78. The van der Waals surface area contributed by atoms with E-state index in [1.54, 1.807) is 6.26 Å². The summed E-state index contributed by atoms with van der Waals surface area (Å²) in [4.78, 5) is 6.45. The Labute approximate surface area is 115 Å². The number of hydrogen-bond donors (Lipinski definition) is 1. The average molecular weight is 267 g/mol. The summed E-state index contributed by atoms with van der Waals surface area (Å²) in [7, 11) is 1.98. The van der Waals surface area contributed by atoms with Crippen molar-refractivity contribution in [3.05, 3.63) is 12.0 Å². The number of likely N-dealkylation sites (N-methyl/N-ethyl adjacent to an activating group) is 1. The van der Waals surface area contributed by atoms with Crippen molar-refractivity contribution in [1.82, 2.24) is 10.3 Å². The summed E-state index contributed by atoms with van der Waals surface area (Å²) < 4.78 is 11.1. The van der Waals surface area contributed by atoms with E-state index in [1.807, 2.05) is 11.9 Å². The minimum Gasteiger partial charge on any atom is -0.432 e. The van der Waals surface area contributed by atoms with E-state index < -0.39 is 0 Å². The Morgan fingerprint density at radius 3 is 3.11 bits per heavy atom. The van der Waals surface area contributed by atoms with Crippen LogP contribution in [0.3, 0.4) is 0 Å². The lowest BCUT2D eigenvalue weighted by Gasteiger charge is -2.14. The van der Waals surface area contributed by atoms with Gasteiger partial charge in [0.05, 0.1) is 12.3 Å². The van der Waals surface area contributed by atoms with E-state index in [0.717, 1.165) is 50.9 Å². The summed E-state index contributed by atoms with van der Waals surface area (Å²) >= 11 is 0. The largest absolute Gasteiger partial charge is 0.432 e. The Bertz CT molecular complexity index is 363. The molecule has 5 nitrogen and oxygen atoms in total. The lowest BCUT2D eigenvalue weighted by Crippen LogP contribution is -2.23. The number of nitrogens with one attached hydrogen (secondary N) is 1. The second-order valence-corrected chi connectivity index (χ2v) is 5.24. The third-order valence-electron chi connectivity index (χ3n) is 3.22. The van der Waals surface area contributed by atoms with Crippen molar-refractivity contribution in [2.75, 3.05) is 38.3 Å². The quantitative estimate of drug-likeness (QED) is 0.657. The number of hydrogen-bond acceptors (Lipinski definition) is 5. The first-order chi connectivity index (χ1) is 9.29. The highest BCUT2D eigenvalue weighted by Gasteiger charge is 2.21. The Morgan fingerprint density at radius 2 is 2.37 bits per heavy atom. The summed E-state index contributed by atoms with van der Waals surface area (Å²) in [6.07, 6.45) is 5.52. The molecule has 1 aromatic rings. The molecule has 2 rings (SSSR count). The molecule has 0 atom stereocenters. The van der Waals surface area contributed by atoms with Gasteiger partial charge in [0, 0.05) is 26.7 Å². The second kappa shape index (κ2) is 7.50. The van der Waals surface area contributed by atoms with E-state index in [9.17, 15) is 0 Å². The molecule has 1 aromatic heterocycles. The third-order valence-corrected chi connectivity index (χ3v) is 3.22. The van der Waals surface area contributed by atoms with Gasteiger partial charge >= 0.3 is 0 Å². The highest BCUT2D eigenvalue weighted by atomic mass is 16.5. The smallest absolute Gasteiger partial charge is 0.297 e. The van der Waals surface area contributed by atoms with E-state index in [0.29, 0.717) is 6.01 Å². The molecule has 0 bridgehead atoms. The van der Waals surface area contributed by atoms with Crippen molar-refractivity contribution in [3.63, 3.8) is 0 Å². The van der Waals surface area contributed by atoms with Crippen molar-refractivity contribution in [3.8, 4) is 0 Å². The van der Waals surface area contributed by atoms with Gasteiger partial charge in [-0.1, -0.05) is 6.92 Å². The van der Waals surface area contributed by atoms with Crippen LogP contribution in [0.4, 0.5) is 6.01 Å². The monoisotopic (exact) mass is 267 g/mol. The molecule has 0 saturated heterocycles. The highest BCUT2D eigenvalue weighted by molar-refractivity contribution is 5.25. The summed E-state index contributed by atoms with van der Waals surface area (Å²) in [6.45, 7) is 6.38. The lowest BCUT2D eigenvalue weighted by molar-refractivity contribution is 0.130. The van der Waals surface area contributed by atoms with E-state index in [-0.39, 0.29) is 0 Å². The molecule has 108 valence electrons. The molecule has 19 heavy (non-hydrogen) atoms. The van der Waals surface area contributed by atoms with Gasteiger partial charge in [0.15, 0.2) is 0 Å². The van der Waals surface area contributed by atoms with E-state index in [4.69, 9.17) is 9.15 Å². The number of anilines is 1. The van der Waals surface area contributed by atoms with Gasteiger partial charge in [-0.2, -0.15) is 4.98 Å². The Hall–Kier alpha value is -1.07. The molecule has 1 N–H and O–H groups in total. The van der Waals surface area contributed by atoms with Crippen LogP contribution < -0.4 is 10.2 Å². The lowest BCUT2D eigenvalue weighted by atomic mass is 10.4. The van der Waals surface area contributed by atoms with Crippen molar-refractivity contribution in [1.29, 1.82) is 0 Å². The van der Waals surface area contributed by atoms with Gasteiger partial charge in [-0.3, -0.25) is 0 Å². The van der Waals surface area contributed by atoms with Crippen LogP contribution >= 0.6 is 0 Å². The molecular formula is C14H25N3O2. The molecule has 0 aromatic carbocycles. The molecule has 0 aliphatic heterocycles. The maximum Gasteiger partial charge on any atom is 0.297 e. The minimum atomic E-state index is 0.670. The molecule has 0 spiro atoms. The number of oxazole rings is 1. The maximum absolute atomic E-state index is 5.61. The molecule has 0 amide bonds. The van der Waals surface area contributed by atoms with Gasteiger partial charge < -0.3 is 19.4 Å². The van der Waals surface area contributed by atoms with Gasteiger partial charge in [-0.05, 0) is 31.7 Å². The van der Waals surface area contributed by atoms with E-state index in [1.165, 1.54) is 12.8 Å². The normalized spacial score (nSPS) is 14.8. The molecule has 5 heteroatoms. The van der Waals surface area contributed by atoms with Crippen molar-refractivity contribution < 1.29 is 9.15 Å². The zero-order valence-corrected chi connectivity index (χ0v) is 12.0. The zero-order valence-electron chi connectivity index (χ0n) is 12.0. The maximum atomic E-state index is 5.61. The first kappa shape index (κ1) is 14.3. The van der Waals surface area contributed by atoms with Crippen LogP contribution in [0.25, 0.3) is 0 Å². The Balaban J connectivity index is 1.64. The summed E-state index contributed by atoms with van der Waals surface area (Å²) in [5.74, 6) is 0.822. The summed E-state index contributed by atoms with van der Waals surface area (Å²) in [5, 5.41) is 3.31. The second-order valence-electron chi connectivity index (χ2n) is 5.24. The fourth-order valence-electron chi connectivity index (χ4n) is 1.78. The average Bonchev–Trinajstić information content (AvgIpc) is 3.12. The first-order valence-corrected chi connectivity index (χ1v) is 7.23. The standard InChI is InChI=1S/C14H25N3O2/c1-3-6-15-9-13-11-19-14(16-13)17(2)7-8-18-10-12-4-5-12/h11-12,15H,3-10H2,1-2H3. The Morgan fingerprint density at radius 1 is 1.53 bits per heavy atom. The molecule has 1 fully saturated rings. The van der Waals surface area contributed by atoms with Crippen LogP contribution in [-0.4, -0.2) is 38.3 Å². The number of ether oxygens (including phenoxy) is 1. The van der Waals surface area contributed by atoms with Gasteiger partial charge in [0.2, 0.25) is 0 Å². The topological polar surface area (TPSA) is 50.5 Å². The molecule has 1 aliphatic carbocycles. The SMILES string of the molecule is CCCNCc1coc(N(C)CCOCC2CC2)n1. The van der Waals surface area contributed by atoms with E-state index in [2.05, 4.69) is 17.2 Å². The van der Waals surface area contributed by atoms with Crippen molar-refractivity contribution in [2.24, 2.45) is 5.92 Å². The molecule has 1 aliphatic rings. The van der Waals surface area contributed by atoms with Crippen LogP contribution in [0.5, 0.6) is 0 Å². The predicted octanol–water partition coefficient (Wildman–Crippen LogP) is 2.04. The zero-order chi connectivity index (χ0) is 13.5. The van der Waals surface area contributed by atoms with Crippen LogP contribution in [0, 0.1) is 5.92 Å². The van der Waals surface area contributed by atoms with E-state index >= 15 is 0 Å². The number of aromatic nitrogens is 1. The van der Waals surface area contributed by atoms with Crippen LogP contribution in [0.15, 0.2) is 10.7 Å². The molecular weight excluding hydrogens is 242 g/mol. The first-order valence-electron chi connectivity index (χ1n) is 7.23. The molecule has 0 unspecified atom stereocenters. The Kier molecular flexibility index (Phi) is 5.66. The molecule has 1 saturated carbocycles. The van der Waals surface area contributed by atoms with Gasteiger partial charge in [-0.25, -0.2) is 0 Å².